The summed E-state index contributed by atoms with van der Waals surface area (Å²) in [5.41, 5.74) is 0.937. The Morgan fingerprint density at radius 3 is 3.06 bits per heavy atom. The molecule has 2 rings (SSSR count). The normalized spacial score (nSPS) is 20.2. The van der Waals surface area contributed by atoms with Crippen LogP contribution >= 0.6 is 23.4 Å². The number of thioether (sulfide) groups is 1. The van der Waals surface area contributed by atoms with Gasteiger partial charge in [0.2, 0.25) is 0 Å². The molecule has 1 saturated heterocycles. The number of halogens is 1. The lowest BCUT2D eigenvalue weighted by Crippen LogP contribution is -2.08. The van der Waals surface area contributed by atoms with Crippen LogP contribution in [-0.2, 0) is 11.3 Å². The Morgan fingerprint density at radius 2 is 2.38 bits per heavy atom. The van der Waals surface area contributed by atoms with Crippen LogP contribution in [0.4, 0.5) is 0 Å². The van der Waals surface area contributed by atoms with Crippen molar-refractivity contribution in [1.82, 2.24) is 0 Å². The van der Waals surface area contributed by atoms with Gasteiger partial charge in [0.1, 0.15) is 0 Å². The zero-order valence-electron chi connectivity index (χ0n) is 8.99. The molecule has 1 aromatic rings. The fraction of sp³-hybridized carbons (Fsp3) is 0.500. The van der Waals surface area contributed by atoms with E-state index in [1.165, 1.54) is 0 Å². The molecule has 0 aliphatic carbocycles. The third-order valence-corrected chi connectivity index (χ3v) is 4.11. The molecule has 1 fully saturated rings. The molecule has 0 bridgehead atoms. The molecule has 0 radical (unpaired) electrons. The van der Waals surface area contributed by atoms with E-state index in [-0.39, 0.29) is 6.61 Å². The van der Waals surface area contributed by atoms with Crippen molar-refractivity contribution >= 4 is 23.4 Å². The van der Waals surface area contributed by atoms with Crippen LogP contribution in [0.1, 0.15) is 18.4 Å². The largest absolute Gasteiger partial charge is 0.392 e. The monoisotopic (exact) mass is 258 g/mol. The zero-order chi connectivity index (χ0) is 11.4. The second-order valence-electron chi connectivity index (χ2n) is 3.86. The number of aliphatic hydroxyl groups is 1. The van der Waals surface area contributed by atoms with E-state index in [0.29, 0.717) is 11.1 Å². The summed E-state index contributed by atoms with van der Waals surface area (Å²) in [4.78, 5) is 1.06. The van der Waals surface area contributed by atoms with Gasteiger partial charge in [-0.25, -0.2) is 0 Å². The Kier molecular flexibility index (Phi) is 4.53. The molecule has 4 heteroatoms. The van der Waals surface area contributed by atoms with Crippen LogP contribution in [0.5, 0.6) is 0 Å². The first-order valence-corrected chi connectivity index (χ1v) is 6.79. The summed E-state index contributed by atoms with van der Waals surface area (Å²) >= 11 is 7.66. The molecule has 0 spiro atoms. The Morgan fingerprint density at radius 1 is 1.50 bits per heavy atom. The van der Waals surface area contributed by atoms with Crippen molar-refractivity contribution in [1.29, 1.82) is 0 Å². The van der Waals surface area contributed by atoms with Crippen LogP contribution in [-0.4, -0.2) is 23.6 Å². The van der Waals surface area contributed by atoms with Gasteiger partial charge in [-0.2, -0.15) is 0 Å². The van der Waals surface area contributed by atoms with E-state index in [2.05, 4.69) is 0 Å². The van der Waals surface area contributed by atoms with Crippen molar-refractivity contribution in [2.24, 2.45) is 0 Å². The summed E-state index contributed by atoms with van der Waals surface area (Å²) in [6, 6.07) is 5.59. The summed E-state index contributed by atoms with van der Waals surface area (Å²) in [6.07, 6.45) is 2.66. The maximum Gasteiger partial charge on any atom is 0.0692 e. The fourth-order valence-corrected chi connectivity index (χ4v) is 3.15. The molecule has 1 aliphatic rings. The molecule has 88 valence electrons. The van der Waals surface area contributed by atoms with Crippen LogP contribution in [0.25, 0.3) is 0 Å². The van der Waals surface area contributed by atoms with Crippen molar-refractivity contribution in [3.05, 3.63) is 28.8 Å². The lowest BCUT2D eigenvalue weighted by molar-refractivity contribution is 0.129. The van der Waals surface area contributed by atoms with Crippen molar-refractivity contribution in [3.63, 3.8) is 0 Å². The molecule has 1 aliphatic heterocycles. The highest BCUT2D eigenvalue weighted by Crippen LogP contribution is 2.29. The van der Waals surface area contributed by atoms with Gasteiger partial charge in [-0.15, -0.1) is 11.8 Å². The molecular weight excluding hydrogens is 244 g/mol. The number of hydrogen-bond acceptors (Lipinski definition) is 3. The van der Waals surface area contributed by atoms with E-state index in [9.17, 15) is 5.11 Å². The fourth-order valence-electron chi connectivity index (χ4n) is 1.75. The van der Waals surface area contributed by atoms with Crippen molar-refractivity contribution < 1.29 is 9.84 Å². The van der Waals surface area contributed by atoms with Crippen LogP contribution in [0, 0.1) is 0 Å². The third kappa shape index (κ3) is 3.14. The van der Waals surface area contributed by atoms with E-state index in [1.807, 2.05) is 18.2 Å². The average molecular weight is 259 g/mol. The van der Waals surface area contributed by atoms with E-state index >= 15 is 0 Å². The lowest BCUT2D eigenvalue weighted by atomic mass is 10.2. The SMILES string of the molecule is OCc1ccc(Cl)cc1SCC1CCCO1. The Balaban J connectivity index is 1.98. The predicted molar refractivity (Wildman–Crippen MR) is 67.1 cm³/mol. The predicted octanol–water partition coefficient (Wildman–Crippen LogP) is 3.10. The van der Waals surface area contributed by atoms with Gasteiger partial charge in [0.25, 0.3) is 0 Å². The molecule has 16 heavy (non-hydrogen) atoms. The second-order valence-corrected chi connectivity index (χ2v) is 5.35. The molecule has 1 heterocycles. The van der Waals surface area contributed by atoms with Crippen LogP contribution in [0.15, 0.2) is 23.1 Å². The zero-order valence-corrected chi connectivity index (χ0v) is 10.6. The molecule has 1 unspecified atom stereocenters. The maximum atomic E-state index is 9.21. The summed E-state index contributed by atoms with van der Waals surface area (Å²) < 4.78 is 5.56. The van der Waals surface area contributed by atoms with Crippen molar-refractivity contribution in [2.75, 3.05) is 12.4 Å². The van der Waals surface area contributed by atoms with E-state index in [0.717, 1.165) is 35.7 Å². The third-order valence-electron chi connectivity index (χ3n) is 2.65. The molecule has 1 aromatic carbocycles. The Bertz CT molecular complexity index is 351. The highest BCUT2D eigenvalue weighted by atomic mass is 35.5. The van der Waals surface area contributed by atoms with Gasteiger partial charge in [-0.05, 0) is 30.5 Å². The van der Waals surface area contributed by atoms with Gasteiger partial charge in [-0.1, -0.05) is 17.7 Å². The standard InChI is InChI=1S/C12H15ClO2S/c13-10-4-3-9(7-14)12(6-10)16-8-11-2-1-5-15-11/h3-4,6,11,14H,1-2,5,7-8H2. The Labute approximate surface area is 105 Å². The topological polar surface area (TPSA) is 29.5 Å². The van der Waals surface area contributed by atoms with Crippen molar-refractivity contribution in [2.45, 2.75) is 30.4 Å². The first kappa shape index (κ1) is 12.2. The Hall–Kier alpha value is -0.220. The maximum absolute atomic E-state index is 9.21. The van der Waals surface area contributed by atoms with E-state index in [1.54, 1.807) is 11.8 Å². The minimum absolute atomic E-state index is 0.0605. The van der Waals surface area contributed by atoms with Crippen LogP contribution in [0.3, 0.4) is 0 Å². The second kappa shape index (κ2) is 5.92. The van der Waals surface area contributed by atoms with Crippen molar-refractivity contribution in [3.8, 4) is 0 Å². The smallest absolute Gasteiger partial charge is 0.0692 e. The summed E-state index contributed by atoms with van der Waals surface area (Å²) in [5.74, 6) is 0.938. The first-order valence-electron chi connectivity index (χ1n) is 5.43. The van der Waals surface area contributed by atoms with E-state index in [4.69, 9.17) is 16.3 Å². The summed E-state index contributed by atoms with van der Waals surface area (Å²) in [7, 11) is 0. The molecule has 1 atom stereocenters. The average Bonchev–Trinajstić information content (AvgIpc) is 2.79. The van der Waals surface area contributed by atoms with E-state index < -0.39 is 0 Å². The molecule has 0 amide bonds. The van der Waals surface area contributed by atoms with Gasteiger partial charge in [0, 0.05) is 22.3 Å². The number of ether oxygens (including phenoxy) is 1. The highest BCUT2D eigenvalue weighted by molar-refractivity contribution is 7.99. The molecule has 2 nitrogen and oxygen atoms in total. The van der Waals surface area contributed by atoms with Gasteiger partial charge < -0.3 is 9.84 Å². The number of benzene rings is 1. The van der Waals surface area contributed by atoms with Gasteiger partial charge in [0.05, 0.1) is 12.7 Å². The lowest BCUT2D eigenvalue weighted by Gasteiger charge is -2.11. The van der Waals surface area contributed by atoms with Gasteiger partial charge >= 0.3 is 0 Å². The number of aliphatic hydroxyl groups excluding tert-OH is 1. The summed E-state index contributed by atoms with van der Waals surface area (Å²) in [6.45, 7) is 0.943. The molecule has 1 N–H and O–H groups in total. The minimum Gasteiger partial charge on any atom is -0.392 e. The molecule has 0 saturated carbocycles. The minimum atomic E-state index is 0.0605. The highest BCUT2D eigenvalue weighted by Gasteiger charge is 2.16. The molecular formula is C12H15ClO2S. The number of hydrogen-bond donors (Lipinski definition) is 1. The first-order chi connectivity index (χ1) is 7.79. The quantitative estimate of drug-likeness (QED) is 0.842. The van der Waals surface area contributed by atoms with Gasteiger partial charge in [-0.3, -0.25) is 0 Å². The van der Waals surface area contributed by atoms with Gasteiger partial charge in [0.15, 0.2) is 0 Å². The summed E-state index contributed by atoms with van der Waals surface area (Å²) in [5, 5.41) is 9.93. The number of rotatable bonds is 4. The molecule has 0 aromatic heterocycles. The van der Waals surface area contributed by atoms with Crippen LogP contribution in [0.2, 0.25) is 5.02 Å². The van der Waals surface area contributed by atoms with Crippen LogP contribution < -0.4 is 0 Å².